The molecule has 0 unspecified atom stereocenters. The summed E-state index contributed by atoms with van der Waals surface area (Å²) in [5.74, 6) is -0.122. The van der Waals surface area contributed by atoms with Gasteiger partial charge >= 0.3 is 0 Å². The summed E-state index contributed by atoms with van der Waals surface area (Å²) < 4.78 is 0. The van der Waals surface area contributed by atoms with Crippen molar-refractivity contribution < 1.29 is 4.79 Å². The fourth-order valence-corrected chi connectivity index (χ4v) is 2.08. The van der Waals surface area contributed by atoms with E-state index in [0.29, 0.717) is 28.9 Å². The van der Waals surface area contributed by atoms with Crippen LogP contribution in [0.2, 0.25) is 0 Å². The second kappa shape index (κ2) is 6.57. The predicted molar refractivity (Wildman–Crippen MR) is 88.8 cm³/mol. The molecule has 0 fully saturated rings. The molecule has 2 aromatic carbocycles. The maximum Gasteiger partial charge on any atom is 0.191 e. The zero-order valence-electron chi connectivity index (χ0n) is 11.8. The summed E-state index contributed by atoms with van der Waals surface area (Å²) >= 11 is 0. The Morgan fingerprint density at radius 1 is 1.05 bits per heavy atom. The highest BCUT2D eigenvalue weighted by Crippen LogP contribution is 2.24. The minimum atomic E-state index is -0.122. The Kier molecular flexibility index (Phi) is 4.57. The lowest BCUT2D eigenvalue weighted by Crippen LogP contribution is -2.08. The van der Waals surface area contributed by atoms with Gasteiger partial charge in [0.25, 0.3) is 0 Å². The zero-order chi connectivity index (χ0) is 15.2. The van der Waals surface area contributed by atoms with Crippen LogP contribution in [-0.4, -0.2) is 5.78 Å². The third-order valence-corrected chi connectivity index (χ3v) is 3.18. The standard InChI is InChI=1S/C18H18N2O/c1-2-7-14(12-13-8-4-3-5-9-13)18(21)15-10-6-11-16(19)17(15)20/h2-6,8-12H,1,7,19-20H2. The molecule has 2 aromatic rings. The molecule has 0 amide bonds. The normalized spacial score (nSPS) is 11.1. The van der Waals surface area contributed by atoms with Crippen LogP contribution in [0.4, 0.5) is 11.4 Å². The first-order valence-electron chi connectivity index (χ1n) is 6.68. The van der Waals surface area contributed by atoms with E-state index in [1.807, 2.05) is 36.4 Å². The van der Waals surface area contributed by atoms with Gasteiger partial charge in [-0.25, -0.2) is 0 Å². The van der Waals surface area contributed by atoms with Crippen LogP contribution >= 0.6 is 0 Å². The summed E-state index contributed by atoms with van der Waals surface area (Å²) in [6, 6.07) is 14.8. The molecule has 0 aliphatic rings. The number of hydrogen-bond donors (Lipinski definition) is 2. The predicted octanol–water partition coefficient (Wildman–Crippen LogP) is 3.69. The second-order valence-corrected chi connectivity index (χ2v) is 4.71. The van der Waals surface area contributed by atoms with E-state index < -0.39 is 0 Å². The minimum Gasteiger partial charge on any atom is -0.397 e. The van der Waals surface area contributed by atoms with Crippen LogP contribution in [0.1, 0.15) is 22.3 Å². The van der Waals surface area contributed by atoms with Gasteiger partial charge in [0.1, 0.15) is 0 Å². The lowest BCUT2D eigenvalue weighted by atomic mass is 9.97. The van der Waals surface area contributed by atoms with Crippen molar-refractivity contribution in [3.8, 4) is 0 Å². The van der Waals surface area contributed by atoms with Crippen LogP contribution in [0.5, 0.6) is 0 Å². The van der Waals surface area contributed by atoms with E-state index in [0.717, 1.165) is 5.56 Å². The molecule has 4 N–H and O–H groups in total. The first-order valence-corrected chi connectivity index (χ1v) is 6.68. The van der Waals surface area contributed by atoms with Gasteiger partial charge in [-0.05, 0) is 30.2 Å². The number of hydrogen-bond acceptors (Lipinski definition) is 3. The topological polar surface area (TPSA) is 69.1 Å². The van der Waals surface area contributed by atoms with Crippen LogP contribution in [0.3, 0.4) is 0 Å². The van der Waals surface area contributed by atoms with Gasteiger partial charge < -0.3 is 11.5 Å². The number of carbonyl (C=O) groups excluding carboxylic acids is 1. The van der Waals surface area contributed by atoms with E-state index in [-0.39, 0.29) is 5.78 Å². The maximum atomic E-state index is 12.7. The number of para-hydroxylation sites is 1. The molecule has 0 bridgehead atoms. The van der Waals surface area contributed by atoms with Gasteiger partial charge in [-0.3, -0.25) is 4.79 Å². The Labute approximate surface area is 124 Å². The summed E-state index contributed by atoms with van der Waals surface area (Å²) in [5, 5.41) is 0. The van der Waals surface area contributed by atoms with Crippen LogP contribution in [0.15, 0.2) is 66.8 Å². The number of carbonyl (C=O) groups is 1. The first kappa shape index (κ1) is 14.6. The molecule has 3 nitrogen and oxygen atoms in total. The van der Waals surface area contributed by atoms with Crippen LogP contribution in [-0.2, 0) is 0 Å². The number of benzene rings is 2. The van der Waals surface area contributed by atoms with E-state index in [4.69, 9.17) is 11.5 Å². The number of nitrogen functional groups attached to an aromatic ring is 2. The highest BCUT2D eigenvalue weighted by atomic mass is 16.1. The third kappa shape index (κ3) is 3.39. The molecule has 0 heterocycles. The maximum absolute atomic E-state index is 12.7. The fraction of sp³-hybridized carbons (Fsp3) is 0.0556. The van der Waals surface area contributed by atoms with Gasteiger partial charge in [0.05, 0.1) is 11.4 Å². The highest BCUT2D eigenvalue weighted by Gasteiger charge is 2.15. The highest BCUT2D eigenvalue weighted by molar-refractivity contribution is 6.15. The minimum absolute atomic E-state index is 0.122. The van der Waals surface area contributed by atoms with Gasteiger partial charge in [-0.2, -0.15) is 0 Å². The van der Waals surface area contributed by atoms with Crippen molar-refractivity contribution in [3.05, 3.63) is 77.9 Å². The second-order valence-electron chi connectivity index (χ2n) is 4.71. The van der Waals surface area contributed by atoms with Crippen LogP contribution in [0.25, 0.3) is 6.08 Å². The smallest absolute Gasteiger partial charge is 0.191 e. The van der Waals surface area contributed by atoms with Crippen molar-refractivity contribution in [1.29, 1.82) is 0 Å². The molecule has 0 saturated carbocycles. The van der Waals surface area contributed by atoms with E-state index in [1.54, 1.807) is 24.3 Å². The molecule has 0 atom stereocenters. The molecule has 0 aromatic heterocycles. The number of rotatable bonds is 5. The van der Waals surface area contributed by atoms with Crippen molar-refractivity contribution in [2.24, 2.45) is 0 Å². The summed E-state index contributed by atoms with van der Waals surface area (Å²) in [7, 11) is 0. The molecule has 106 valence electrons. The molecule has 2 rings (SSSR count). The molecule has 21 heavy (non-hydrogen) atoms. The van der Waals surface area contributed by atoms with Gasteiger partial charge in [-0.1, -0.05) is 42.5 Å². The quantitative estimate of drug-likeness (QED) is 0.379. The van der Waals surface area contributed by atoms with Crippen molar-refractivity contribution >= 4 is 23.2 Å². The SMILES string of the molecule is C=CCC(=Cc1ccccc1)C(=O)c1cccc(N)c1N. The van der Waals surface area contributed by atoms with E-state index in [2.05, 4.69) is 6.58 Å². The molecule has 0 saturated heterocycles. The Hall–Kier alpha value is -2.81. The number of Topliss-reactive ketones (excluding diaryl/α,β-unsaturated/α-hetero) is 1. The molecular weight excluding hydrogens is 260 g/mol. The third-order valence-electron chi connectivity index (χ3n) is 3.18. The van der Waals surface area contributed by atoms with Gasteiger partial charge in [-0.15, -0.1) is 6.58 Å². The Balaban J connectivity index is 2.43. The molecule has 0 spiro atoms. The number of allylic oxidation sites excluding steroid dienone is 2. The monoisotopic (exact) mass is 278 g/mol. The lowest BCUT2D eigenvalue weighted by molar-refractivity contribution is 0.103. The van der Waals surface area contributed by atoms with Crippen molar-refractivity contribution in [2.45, 2.75) is 6.42 Å². The summed E-state index contributed by atoms with van der Waals surface area (Å²) in [5.41, 5.74) is 14.4. The average molecular weight is 278 g/mol. The molecule has 0 aliphatic heterocycles. The molecule has 0 radical (unpaired) electrons. The Morgan fingerprint density at radius 3 is 2.43 bits per heavy atom. The van der Waals surface area contributed by atoms with Gasteiger partial charge in [0, 0.05) is 11.1 Å². The zero-order valence-corrected chi connectivity index (χ0v) is 11.8. The van der Waals surface area contributed by atoms with Crippen molar-refractivity contribution in [3.63, 3.8) is 0 Å². The van der Waals surface area contributed by atoms with E-state index in [9.17, 15) is 4.79 Å². The molecule has 0 aliphatic carbocycles. The number of nitrogens with two attached hydrogens (primary N) is 2. The molecule has 3 heteroatoms. The van der Waals surface area contributed by atoms with Crippen molar-refractivity contribution in [1.82, 2.24) is 0 Å². The van der Waals surface area contributed by atoms with E-state index >= 15 is 0 Å². The summed E-state index contributed by atoms with van der Waals surface area (Å²) in [6.45, 7) is 3.71. The van der Waals surface area contributed by atoms with Gasteiger partial charge in [0.15, 0.2) is 5.78 Å². The lowest BCUT2D eigenvalue weighted by Gasteiger charge is -2.09. The Bertz CT molecular complexity index is 688. The average Bonchev–Trinajstić information content (AvgIpc) is 2.50. The summed E-state index contributed by atoms with van der Waals surface area (Å²) in [6.07, 6.45) is 4.03. The molecular formula is C18H18N2O. The number of anilines is 2. The summed E-state index contributed by atoms with van der Waals surface area (Å²) in [4.78, 5) is 12.7. The Morgan fingerprint density at radius 2 is 1.76 bits per heavy atom. The van der Waals surface area contributed by atoms with Crippen LogP contribution in [0, 0.1) is 0 Å². The fourth-order valence-electron chi connectivity index (χ4n) is 2.08. The largest absolute Gasteiger partial charge is 0.397 e. The van der Waals surface area contributed by atoms with E-state index in [1.165, 1.54) is 0 Å². The van der Waals surface area contributed by atoms with Gasteiger partial charge in [0.2, 0.25) is 0 Å². The first-order chi connectivity index (χ1) is 10.1. The van der Waals surface area contributed by atoms with Crippen molar-refractivity contribution in [2.75, 3.05) is 11.5 Å². The van der Waals surface area contributed by atoms with Crippen LogP contribution < -0.4 is 11.5 Å². The number of ketones is 1.